The summed E-state index contributed by atoms with van der Waals surface area (Å²) in [7, 11) is 1.54. The van der Waals surface area contributed by atoms with Gasteiger partial charge in [0.15, 0.2) is 5.13 Å². The summed E-state index contributed by atoms with van der Waals surface area (Å²) < 4.78 is 18.2. The van der Waals surface area contributed by atoms with Gasteiger partial charge in [-0.3, -0.25) is 14.4 Å². The summed E-state index contributed by atoms with van der Waals surface area (Å²) in [4.78, 5) is 77.8. The van der Waals surface area contributed by atoms with Gasteiger partial charge in [0.1, 0.15) is 40.9 Å². The lowest BCUT2D eigenvalue weighted by Gasteiger charge is -2.35. The number of carboxylic acid groups (broad SMARTS) is 1. The largest absolute Gasteiger partial charge is 0.495 e. The molecule has 15 nitrogen and oxygen atoms in total. The molecule has 3 aromatic rings. The predicted molar refractivity (Wildman–Crippen MR) is 226 cm³/mol. The molecule has 2 saturated carbocycles. The number of rotatable bonds is 15. The number of carbonyl (C=O) groups excluding carboxylic acids is 4. The SMILES string of the molecule is C=C[C@@H]1C[C@]1(NC(=O)[C@@H]1C[C@@H](Oc2cc(-c3csc(NC(=O)CC4CCCC4)n3)nc3c(Br)c(OC)ccc23)CN1C(=O)[C@@H](NC(=O)OCC(C)C)C(C)(C)C)C(=O)O. The maximum atomic E-state index is 14.6. The fraction of sp³-hybridized carbons (Fsp3) is 0.548. The van der Waals surface area contributed by atoms with Crippen LogP contribution in [0, 0.1) is 23.2 Å². The Labute approximate surface area is 356 Å². The van der Waals surface area contributed by atoms with Crippen molar-refractivity contribution in [2.24, 2.45) is 23.2 Å². The molecule has 17 heteroatoms. The van der Waals surface area contributed by atoms with Crippen LogP contribution in [-0.2, 0) is 23.9 Å². The fourth-order valence-electron chi connectivity index (χ4n) is 7.78. The molecule has 0 bridgehead atoms. The van der Waals surface area contributed by atoms with Gasteiger partial charge in [0.2, 0.25) is 17.7 Å². The molecule has 318 valence electrons. The number of alkyl carbamates (subject to hydrolysis) is 1. The van der Waals surface area contributed by atoms with Crippen LogP contribution in [0.1, 0.15) is 79.6 Å². The van der Waals surface area contributed by atoms with Gasteiger partial charge in [-0.2, -0.15) is 0 Å². The zero-order valence-corrected chi connectivity index (χ0v) is 36.7. The number of hydrogen-bond donors (Lipinski definition) is 4. The standard InChI is InChI=1S/C42H53BrN6O9S/c1-8-24-18-42(24,38(53)54)48-36(51)29-16-25(19-49(29)37(52)35(41(4,5)6)47-40(55)57-20-22(2)3)58-31-17-27(44-34-26(31)13-14-30(56-7)33(34)43)28-21-59-39(45-28)46-32(50)15-23-11-9-10-12-23/h8,13-14,17,21-25,29,35H,1,9-12,15-16,18-20H2,2-7H3,(H,47,55)(H,48,51)(H,53,54)(H,45,46,50)/t24-,25-,29+,35-,42-/m1/s1. The molecule has 5 atom stereocenters. The lowest BCUT2D eigenvalue weighted by molar-refractivity contribution is -0.146. The summed E-state index contributed by atoms with van der Waals surface area (Å²) >= 11 is 4.92. The molecule has 4 N–H and O–H groups in total. The van der Waals surface area contributed by atoms with Gasteiger partial charge < -0.3 is 40.2 Å². The number of carbonyl (C=O) groups is 5. The third kappa shape index (κ3) is 9.83. The van der Waals surface area contributed by atoms with Crippen molar-refractivity contribution in [2.45, 2.75) is 103 Å². The number of fused-ring (bicyclic) bond motifs is 1. The van der Waals surface area contributed by atoms with E-state index in [2.05, 4.69) is 43.4 Å². The second-order valence-electron chi connectivity index (χ2n) is 17.2. The van der Waals surface area contributed by atoms with E-state index in [0.717, 1.165) is 25.7 Å². The average molecular weight is 898 g/mol. The highest BCUT2D eigenvalue weighted by molar-refractivity contribution is 9.10. The number of aromatic nitrogens is 2. The number of pyridine rings is 1. The number of hydrogen-bond acceptors (Lipinski definition) is 11. The minimum atomic E-state index is -1.54. The van der Waals surface area contributed by atoms with Crippen LogP contribution in [0.25, 0.3) is 22.3 Å². The van der Waals surface area contributed by atoms with Gasteiger partial charge in [-0.05, 0) is 64.6 Å². The number of nitrogens with one attached hydrogen (secondary N) is 3. The Morgan fingerprint density at radius 1 is 1.12 bits per heavy atom. The maximum absolute atomic E-state index is 14.6. The number of anilines is 1. The van der Waals surface area contributed by atoms with E-state index < -0.39 is 58.9 Å². The zero-order valence-electron chi connectivity index (χ0n) is 34.3. The van der Waals surface area contributed by atoms with Crippen LogP contribution in [0.5, 0.6) is 11.5 Å². The maximum Gasteiger partial charge on any atom is 0.407 e. The second kappa shape index (κ2) is 17.8. The molecular formula is C42H53BrN6O9S. The van der Waals surface area contributed by atoms with Crippen molar-refractivity contribution < 1.29 is 43.3 Å². The number of methoxy groups -OCH3 is 1. The van der Waals surface area contributed by atoms with Crippen molar-refractivity contribution >= 4 is 73.1 Å². The van der Waals surface area contributed by atoms with E-state index in [1.807, 2.05) is 13.8 Å². The molecule has 1 saturated heterocycles. The number of aliphatic carboxylic acids is 1. The van der Waals surface area contributed by atoms with E-state index in [9.17, 15) is 29.1 Å². The van der Waals surface area contributed by atoms with E-state index >= 15 is 0 Å². The minimum absolute atomic E-state index is 0.00500. The first-order valence-corrected chi connectivity index (χ1v) is 21.6. The highest BCUT2D eigenvalue weighted by atomic mass is 79.9. The van der Waals surface area contributed by atoms with Crippen molar-refractivity contribution in [3.05, 3.63) is 40.7 Å². The van der Waals surface area contributed by atoms with Crippen LogP contribution in [0.2, 0.25) is 0 Å². The molecule has 2 aromatic heterocycles. The van der Waals surface area contributed by atoms with Crippen LogP contribution in [-0.4, -0.2) is 93.7 Å². The zero-order chi connectivity index (χ0) is 42.8. The molecule has 6 rings (SSSR count). The van der Waals surface area contributed by atoms with Crippen molar-refractivity contribution in [2.75, 3.05) is 25.6 Å². The van der Waals surface area contributed by atoms with E-state index in [1.165, 1.54) is 22.3 Å². The molecule has 3 heterocycles. The van der Waals surface area contributed by atoms with Gasteiger partial charge in [-0.1, -0.05) is 53.5 Å². The normalized spacial score (nSPS) is 22.2. The van der Waals surface area contributed by atoms with Crippen LogP contribution >= 0.6 is 27.3 Å². The summed E-state index contributed by atoms with van der Waals surface area (Å²) in [5.74, 6) is -1.62. The van der Waals surface area contributed by atoms with Crippen molar-refractivity contribution in [1.29, 1.82) is 0 Å². The van der Waals surface area contributed by atoms with Crippen LogP contribution in [0.3, 0.4) is 0 Å². The van der Waals surface area contributed by atoms with E-state index in [1.54, 1.807) is 51.5 Å². The van der Waals surface area contributed by atoms with Crippen molar-refractivity contribution in [3.8, 4) is 22.9 Å². The van der Waals surface area contributed by atoms with E-state index in [4.69, 9.17) is 19.2 Å². The quantitative estimate of drug-likeness (QED) is 0.115. The van der Waals surface area contributed by atoms with Gasteiger partial charge in [0, 0.05) is 35.6 Å². The molecule has 3 aliphatic rings. The summed E-state index contributed by atoms with van der Waals surface area (Å²) in [6.07, 6.45) is 4.98. The Bertz CT molecular complexity index is 2110. The van der Waals surface area contributed by atoms with Gasteiger partial charge in [-0.15, -0.1) is 17.9 Å². The molecule has 59 heavy (non-hydrogen) atoms. The molecule has 0 radical (unpaired) electrons. The lowest BCUT2D eigenvalue weighted by Crippen LogP contribution is -2.59. The number of thiazole rings is 1. The molecule has 4 amide bonds. The second-order valence-corrected chi connectivity index (χ2v) is 18.8. The first kappa shape index (κ1) is 43.8. The van der Waals surface area contributed by atoms with Crippen LogP contribution in [0.15, 0.2) is 40.7 Å². The van der Waals surface area contributed by atoms with Crippen molar-refractivity contribution in [3.63, 3.8) is 0 Å². The Morgan fingerprint density at radius 3 is 2.47 bits per heavy atom. The summed E-state index contributed by atoms with van der Waals surface area (Å²) in [6.45, 7) is 13.0. The summed E-state index contributed by atoms with van der Waals surface area (Å²) in [5.41, 5.74) is -0.916. The number of likely N-dealkylation sites (tertiary alicyclic amines) is 1. The van der Waals surface area contributed by atoms with Gasteiger partial charge in [0.25, 0.3) is 0 Å². The number of benzene rings is 1. The number of halogens is 1. The minimum Gasteiger partial charge on any atom is -0.495 e. The molecule has 0 spiro atoms. The lowest BCUT2D eigenvalue weighted by atomic mass is 9.85. The van der Waals surface area contributed by atoms with E-state index in [0.29, 0.717) is 55.7 Å². The number of amides is 4. The third-order valence-electron chi connectivity index (χ3n) is 11.1. The average Bonchev–Trinajstić information content (AvgIpc) is 3.59. The molecule has 3 fully saturated rings. The molecule has 2 aliphatic carbocycles. The van der Waals surface area contributed by atoms with Gasteiger partial charge in [-0.25, -0.2) is 19.6 Å². The third-order valence-corrected chi connectivity index (χ3v) is 12.6. The van der Waals surface area contributed by atoms with Crippen LogP contribution in [0.4, 0.5) is 9.93 Å². The highest BCUT2D eigenvalue weighted by Crippen LogP contribution is 2.45. The van der Waals surface area contributed by atoms with Gasteiger partial charge >= 0.3 is 12.1 Å². The Balaban J connectivity index is 1.32. The highest BCUT2D eigenvalue weighted by Gasteiger charge is 2.61. The summed E-state index contributed by atoms with van der Waals surface area (Å²) in [6, 6.07) is 3.02. The Morgan fingerprint density at radius 2 is 1.85 bits per heavy atom. The topological polar surface area (TPSA) is 198 Å². The van der Waals surface area contributed by atoms with Crippen LogP contribution < -0.4 is 25.4 Å². The number of carboxylic acids is 1. The monoisotopic (exact) mass is 896 g/mol. The molecule has 0 unspecified atom stereocenters. The number of nitrogens with zero attached hydrogens (tertiary/aromatic N) is 3. The predicted octanol–water partition coefficient (Wildman–Crippen LogP) is 6.94. The number of ether oxygens (including phenoxy) is 3. The first-order valence-electron chi connectivity index (χ1n) is 19.9. The fourth-order valence-corrected chi connectivity index (χ4v) is 9.10. The molecular weight excluding hydrogens is 844 g/mol. The summed E-state index contributed by atoms with van der Waals surface area (Å²) in [5, 5.41) is 21.3. The molecule has 1 aromatic carbocycles. The van der Waals surface area contributed by atoms with Crippen molar-refractivity contribution in [1.82, 2.24) is 25.5 Å². The van der Waals surface area contributed by atoms with Gasteiger partial charge in [0.05, 0.1) is 35.9 Å². The Kier molecular flexibility index (Phi) is 13.2. The van der Waals surface area contributed by atoms with E-state index in [-0.39, 0.29) is 37.8 Å². The Hall–Kier alpha value is -4.77. The first-order chi connectivity index (χ1) is 27.9. The smallest absolute Gasteiger partial charge is 0.407 e. The molecule has 1 aliphatic heterocycles.